The van der Waals surface area contributed by atoms with E-state index in [4.69, 9.17) is 0 Å². The van der Waals surface area contributed by atoms with Gasteiger partial charge >= 0.3 is 0 Å². The van der Waals surface area contributed by atoms with E-state index in [0.717, 1.165) is 19.3 Å². The lowest BCUT2D eigenvalue weighted by atomic mass is 9.93. The van der Waals surface area contributed by atoms with Gasteiger partial charge in [0.2, 0.25) is 5.78 Å². The second kappa shape index (κ2) is 8.15. The first-order valence-corrected chi connectivity index (χ1v) is 7.81. The van der Waals surface area contributed by atoms with Crippen LogP contribution in [0.2, 0.25) is 0 Å². The summed E-state index contributed by atoms with van der Waals surface area (Å²) in [4.78, 5) is 14.6. The number of Topliss-reactive ketones (excluding diaryl/α,β-unsaturated/α-hetero) is 1. The number of phenols is 1. The fourth-order valence-electron chi connectivity index (χ4n) is 2.66. The van der Waals surface area contributed by atoms with Gasteiger partial charge in [-0.2, -0.15) is 0 Å². The minimum atomic E-state index is -1.54. The first-order chi connectivity index (χ1) is 10.0. The number of carbonyl (C=O) groups excluding carboxylic acids is 1. The van der Waals surface area contributed by atoms with E-state index in [9.17, 15) is 15.0 Å². The number of hydrogen-bond donors (Lipinski definition) is 2. The summed E-state index contributed by atoms with van der Waals surface area (Å²) >= 11 is 0. The third-order valence-corrected chi connectivity index (χ3v) is 3.93. The monoisotopic (exact) mass is 293 g/mol. The van der Waals surface area contributed by atoms with Crippen LogP contribution in [0.1, 0.15) is 56.8 Å². The number of rotatable bonds is 9. The highest BCUT2D eigenvalue weighted by Crippen LogP contribution is 2.28. The molecule has 0 aromatic heterocycles. The SMILES string of the molecule is CCCCCC(O)(C(=O)c1ccccc1O)N(CC)CC. The molecule has 0 spiro atoms. The minimum Gasteiger partial charge on any atom is -0.507 e. The quantitative estimate of drug-likeness (QED) is 0.417. The Balaban J connectivity index is 3.10. The van der Waals surface area contributed by atoms with Gasteiger partial charge in [0.05, 0.1) is 5.56 Å². The first-order valence-electron chi connectivity index (χ1n) is 7.81. The summed E-state index contributed by atoms with van der Waals surface area (Å²) in [7, 11) is 0. The predicted octanol–water partition coefficient (Wildman–Crippen LogP) is 3.19. The highest BCUT2D eigenvalue weighted by Gasteiger charge is 2.41. The number of aromatic hydroxyl groups is 1. The normalized spacial score (nSPS) is 14.1. The molecule has 0 amide bonds. The average molecular weight is 293 g/mol. The van der Waals surface area contributed by atoms with Crippen LogP contribution in [0.5, 0.6) is 5.75 Å². The van der Waals surface area contributed by atoms with Gasteiger partial charge in [0, 0.05) is 0 Å². The summed E-state index contributed by atoms with van der Waals surface area (Å²) in [6.07, 6.45) is 3.16. The molecule has 2 N–H and O–H groups in total. The van der Waals surface area contributed by atoms with Crippen LogP contribution in [0, 0.1) is 0 Å². The zero-order valence-electron chi connectivity index (χ0n) is 13.3. The Morgan fingerprint density at radius 1 is 1.14 bits per heavy atom. The zero-order valence-corrected chi connectivity index (χ0v) is 13.3. The number of benzene rings is 1. The van der Waals surface area contributed by atoms with Crippen molar-refractivity contribution in [2.45, 2.75) is 52.2 Å². The van der Waals surface area contributed by atoms with E-state index in [0.29, 0.717) is 19.5 Å². The number of para-hydroxylation sites is 1. The maximum Gasteiger partial charge on any atom is 0.213 e. The van der Waals surface area contributed by atoms with E-state index in [1.165, 1.54) is 6.07 Å². The highest BCUT2D eigenvalue weighted by molar-refractivity contribution is 6.04. The van der Waals surface area contributed by atoms with Crippen LogP contribution < -0.4 is 0 Å². The molecule has 1 aromatic carbocycles. The number of phenolic OH excluding ortho intramolecular Hbond substituents is 1. The molecule has 0 saturated heterocycles. The summed E-state index contributed by atoms with van der Waals surface area (Å²) < 4.78 is 0. The largest absolute Gasteiger partial charge is 0.507 e. The van der Waals surface area contributed by atoms with E-state index in [2.05, 4.69) is 6.92 Å². The van der Waals surface area contributed by atoms with E-state index < -0.39 is 11.5 Å². The molecule has 118 valence electrons. The molecule has 0 radical (unpaired) electrons. The van der Waals surface area contributed by atoms with E-state index in [1.54, 1.807) is 23.1 Å². The van der Waals surface area contributed by atoms with Crippen LogP contribution in [0.15, 0.2) is 24.3 Å². The Kier molecular flexibility index (Phi) is 6.85. The lowest BCUT2D eigenvalue weighted by molar-refractivity contribution is -0.0789. The van der Waals surface area contributed by atoms with Gasteiger partial charge in [0.25, 0.3) is 0 Å². The molecular formula is C17H27NO3. The van der Waals surface area contributed by atoms with Crippen molar-refractivity contribution in [1.82, 2.24) is 4.90 Å². The maximum atomic E-state index is 12.8. The van der Waals surface area contributed by atoms with Gasteiger partial charge in [-0.05, 0) is 38.1 Å². The summed E-state index contributed by atoms with van der Waals surface area (Å²) in [6, 6.07) is 6.40. The zero-order chi connectivity index (χ0) is 15.9. The molecule has 1 unspecified atom stereocenters. The fourth-order valence-corrected chi connectivity index (χ4v) is 2.66. The molecule has 1 atom stereocenters. The van der Waals surface area contributed by atoms with Crippen molar-refractivity contribution in [1.29, 1.82) is 0 Å². The van der Waals surface area contributed by atoms with Gasteiger partial charge in [-0.3, -0.25) is 9.69 Å². The Hall–Kier alpha value is -1.39. The predicted molar refractivity (Wildman–Crippen MR) is 84.5 cm³/mol. The number of unbranched alkanes of at least 4 members (excludes halogenated alkanes) is 2. The fraction of sp³-hybridized carbons (Fsp3) is 0.588. The number of carbonyl (C=O) groups is 1. The minimum absolute atomic E-state index is 0.0800. The topological polar surface area (TPSA) is 60.8 Å². The van der Waals surface area contributed by atoms with Gasteiger partial charge in [-0.1, -0.05) is 45.7 Å². The molecule has 0 saturated carbocycles. The summed E-state index contributed by atoms with van der Waals surface area (Å²) in [5, 5.41) is 20.9. The smallest absolute Gasteiger partial charge is 0.213 e. The van der Waals surface area contributed by atoms with Gasteiger partial charge in [-0.25, -0.2) is 0 Å². The summed E-state index contributed by atoms with van der Waals surface area (Å²) in [5.74, 6) is -0.496. The molecule has 4 nitrogen and oxygen atoms in total. The third-order valence-electron chi connectivity index (χ3n) is 3.93. The van der Waals surface area contributed by atoms with Crippen molar-refractivity contribution >= 4 is 5.78 Å². The van der Waals surface area contributed by atoms with E-state index >= 15 is 0 Å². The van der Waals surface area contributed by atoms with Crippen molar-refractivity contribution in [2.24, 2.45) is 0 Å². The molecular weight excluding hydrogens is 266 g/mol. The Labute approximate surface area is 127 Å². The first kappa shape index (κ1) is 17.7. The van der Waals surface area contributed by atoms with Crippen molar-refractivity contribution in [3.05, 3.63) is 29.8 Å². The van der Waals surface area contributed by atoms with Gasteiger partial charge in [0.15, 0.2) is 5.72 Å². The second-order valence-corrected chi connectivity index (χ2v) is 5.29. The van der Waals surface area contributed by atoms with Crippen LogP contribution in [0.3, 0.4) is 0 Å². The number of hydrogen-bond acceptors (Lipinski definition) is 4. The molecule has 0 heterocycles. The second-order valence-electron chi connectivity index (χ2n) is 5.29. The number of aliphatic hydroxyl groups is 1. The van der Waals surface area contributed by atoms with Crippen molar-refractivity contribution in [3.8, 4) is 5.75 Å². The van der Waals surface area contributed by atoms with Crippen molar-refractivity contribution in [2.75, 3.05) is 13.1 Å². The van der Waals surface area contributed by atoms with Crippen LogP contribution in [-0.4, -0.2) is 39.7 Å². The lowest BCUT2D eigenvalue weighted by Crippen LogP contribution is -2.54. The summed E-state index contributed by atoms with van der Waals surface area (Å²) in [6.45, 7) is 7.09. The Morgan fingerprint density at radius 2 is 1.76 bits per heavy atom. The lowest BCUT2D eigenvalue weighted by Gasteiger charge is -2.37. The molecule has 1 aromatic rings. The van der Waals surface area contributed by atoms with Crippen LogP contribution >= 0.6 is 0 Å². The van der Waals surface area contributed by atoms with Crippen molar-refractivity contribution < 1.29 is 15.0 Å². The number of likely N-dealkylation sites (N-methyl/N-ethyl adjacent to an activating group) is 1. The molecule has 4 heteroatoms. The molecule has 21 heavy (non-hydrogen) atoms. The highest BCUT2D eigenvalue weighted by atomic mass is 16.3. The molecule has 0 bridgehead atoms. The standard InChI is InChI=1S/C17H27NO3/c1-4-7-10-13-17(21,18(5-2)6-3)16(20)14-11-8-9-12-15(14)19/h8-9,11-12,19,21H,4-7,10,13H2,1-3H3. The third kappa shape index (κ3) is 4.05. The van der Waals surface area contributed by atoms with Gasteiger partial charge < -0.3 is 10.2 Å². The van der Waals surface area contributed by atoms with Crippen molar-refractivity contribution in [3.63, 3.8) is 0 Å². The van der Waals surface area contributed by atoms with Crippen LogP contribution in [0.25, 0.3) is 0 Å². The molecule has 0 aliphatic carbocycles. The average Bonchev–Trinajstić information content (AvgIpc) is 2.48. The van der Waals surface area contributed by atoms with E-state index in [1.807, 2.05) is 13.8 Å². The maximum absolute atomic E-state index is 12.8. The van der Waals surface area contributed by atoms with Crippen LogP contribution in [-0.2, 0) is 0 Å². The molecule has 1 rings (SSSR count). The Bertz CT molecular complexity index is 457. The number of ketones is 1. The molecule has 0 aliphatic rings. The molecule has 0 aliphatic heterocycles. The van der Waals surface area contributed by atoms with Gasteiger partial charge in [0.1, 0.15) is 5.75 Å². The Morgan fingerprint density at radius 3 is 2.29 bits per heavy atom. The van der Waals surface area contributed by atoms with Gasteiger partial charge in [-0.15, -0.1) is 0 Å². The molecule has 0 fully saturated rings. The van der Waals surface area contributed by atoms with Crippen LogP contribution in [0.4, 0.5) is 0 Å². The summed E-state index contributed by atoms with van der Waals surface area (Å²) in [5.41, 5.74) is -1.36. The number of nitrogens with zero attached hydrogens (tertiary/aromatic N) is 1. The van der Waals surface area contributed by atoms with E-state index in [-0.39, 0.29) is 11.3 Å².